The molecule has 3 nitrogen and oxygen atoms in total. The Morgan fingerprint density at radius 1 is 1.25 bits per heavy atom. The van der Waals surface area contributed by atoms with Crippen molar-refractivity contribution in [2.75, 3.05) is 18.9 Å². The molecule has 114 valence electrons. The minimum atomic E-state index is -2.90. The van der Waals surface area contributed by atoms with E-state index >= 15 is 0 Å². The molecule has 0 aromatic heterocycles. The van der Waals surface area contributed by atoms with Crippen molar-refractivity contribution in [2.24, 2.45) is 0 Å². The Bertz CT molecular complexity index is 436. The highest BCUT2D eigenvalue weighted by atomic mass is 35.5. The highest BCUT2D eigenvalue weighted by molar-refractivity contribution is 7.57. The van der Waals surface area contributed by atoms with Crippen LogP contribution in [0.2, 0.25) is 5.02 Å². The van der Waals surface area contributed by atoms with Gasteiger partial charge >= 0.3 is 0 Å². The van der Waals surface area contributed by atoms with E-state index in [-0.39, 0.29) is 6.04 Å². The van der Waals surface area contributed by atoms with Crippen LogP contribution in [0.3, 0.4) is 0 Å². The summed E-state index contributed by atoms with van der Waals surface area (Å²) in [5, 5.41) is 4.11. The second kappa shape index (κ2) is 8.84. The fourth-order valence-corrected chi connectivity index (χ4v) is 3.84. The number of rotatable bonds is 9. The molecule has 0 saturated carbocycles. The lowest BCUT2D eigenvalue weighted by atomic mass is 10.1. The summed E-state index contributed by atoms with van der Waals surface area (Å²) in [6, 6.07) is 7.97. The molecule has 20 heavy (non-hydrogen) atoms. The first-order valence-corrected chi connectivity index (χ1v) is 9.65. The summed E-state index contributed by atoms with van der Waals surface area (Å²) in [5.74, 6) is 0. The maximum absolute atomic E-state index is 11.8. The first kappa shape index (κ1) is 17.7. The molecule has 0 aliphatic heterocycles. The van der Waals surface area contributed by atoms with E-state index in [4.69, 9.17) is 11.6 Å². The van der Waals surface area contributed by atoms with Crippen molar-refractivity contribution in [3.05, 3.63) is 34.9 Å². The van der Waals surface area contributed by atoms with E-state index in [0.717, 1.165) is 30.8 Å². The van der Waals surface area contributed by atoms with E-state index in [9.17, 15) is 9.46 Å². The van der Waals surface area contributed by atoms with Gasteiger partial charge < -0.3 is 10.2 Å². The van der Waals surface area contributed by atoms with Gasteiger partial charge in [-0.1, -0.05) is 37.1 Å². The normalized spacial score (nSPS) is 15.8. The Kier molecular flexibility index (Phi) is 7.83. The van der Waals surface area contributed by atoms with E-state index in [0.29, 0.717) is 12.3 Å². The molecular formula is C15H25ClNO2P. The third-order valence-electron chi connectivity index (χ3n) is 3.37. The van der Waals surface area contributed by atoms with Gasteiger partial charge in [0.05, 0.1) is 0 Å². The summed E-state index contributed by atoms with van der Waals surface area (Å²) in [4.78, 5) is 9.77. The summed E-state index contributed by atoms with van der Waals surface area (Å²) in [6.45, 7) is 4.87. The third kappa shape index (κ3) is 6.90. The second-order valence-corrected chi connectivity index (χ2v) is 8.25. The zero-order valence-electron chi connectivity index (χ0n) is 12.3. The van der Waals surface area contributed by atoms with Gasteiger partial charge in [0.1, 0.15) is 0 Å². The topological polar surface area (TPSA) is 49.3 Å². The van der Waals surface area contributed by atoms with Crippen molar-refractivity contribution >= 4 is 19.0 Å². The Hall–Kier alpha value is -0.340. The van der Waals surface area contributed by atoms with Crippen molar-refractivity contribution in [1.82, 2.24) is 5.32 Å². The van der Waals surface area contributed by atoms with Gasteiger partial charge in [0.15, 0.2) is 0 Å². The lowest BCUT2D eigenvalue weighted by Crippen LogP contribution is -2.20. The average Bonchev–Trinajstić information content (AvgIpc) is 2.42. The fourth-order valence-electron chi connectivity index (χ4n) is 2.03. The fraction of sp³-hybridized carbons (Fsp3) is 0.600. The van der Waals surface area contributed by atoms with E-state index in [1.54, 1.807) is 0 Å². The molecule has 1 aromatic rings. The number of hydrogen-bond donors (Lipinski definition) is 2. The quantitative estimate of drug-likeness (QED) is 0.522. The molecule has 0 aliphatic carbocycles. The maximum atomic E-state index is 11.8. The number of benzene rings is 1. The van der Waals surface area contributed by atoms with Crippen LogP contribution in [0.1, 0.15) is 44.7 Å². The monoisotopic (exact) mass is 317 g/mol. The van der Waals surface area contributed by atoms with Crippen molar-refractivity contribution in [3.8, 4) is 0 Å². The highest BCUT2D eigenvalue weighted by Crippen LogP contribution is 2.41. The zero-order chi connectivity index (χ0) is 15.0. The molecule has 1 rings (SSSR count). The largest absolute Gasteiger partial charge is 0.344 e. The molecule has 0 spiro atoms. The molecule has 2 N–H and O–H groups in total. The van der Waals surface area contributed by atoms with Gasteiger partial charge in [0, 0.05) is 23.4 Å². The van der Waals surface area contributed by atoms with E-state index < -0.39 is 7.37 Å². The minimum absolute atomic E-state index is 0.223. The first-order chi connectivity index (χ1) is 9.44. The second-order valence-electron chi connectivity index (χ2n) is 5.23. The van der Waals surface area contributed by atoms with Crippen LogP contribution in [0.25, 0.3) is 0 Å². The van der Waals surface area contributed by atoms with Gasteiger partial charge in [-0.05, 0) is 44.0 Å². The number of halogens is 1. The standard InChI is InChI=1S/C15H25ClNO2P/c1-3-4-11-20(18,19)12-5-10-17-13(2)14-6-8-15(16)9-7-14/h6-9,13,17H,3-5,10-12H2,1-2H3,(H,18,19). The van der Waals surface area contributed by atoms with Gasteiger partial charge in [-0.25, -0.2) is 0 Å². The van der Waals surface area contributed by atoms with Crippen LogP contribution in [0.5, 0.6) is 0 Å². The van der Waals surface area contributed by atoms with Gasteiger partial charge in [-0.2, -0.15) is 0 Å². The third-order valence-corrected chi connectivity index (χ3v) is 5.65. The Morgan fingerprint density at radius 3 is 2.45 bits per heavy atom. The molecular weight excluding hydrogens is 293 g/mol. The van der Waals surface area contributed by atoms with Crippen molar-refractivity contribution in [2.45, 2.75) is 39.2 Å². The van der Waals surface area contributed by atoms with Crippen molar-refractivity contribution in [3.63, 3.8) is 0 Å². The molecule has 0 fully saturated rings. The Labute approximate surface area is 127 Å². The lowest BCUT2D eigenvalue weighted by molar-refractivity contribution is 0.470. The average molecular weight is 318 g/mol. The zero-order valence-corrected chi connectivity index (χ0v) is 14.0. The van der Waals surface area contributed by atoms with Crippen LogP contribution < -0.4 is 5.32 Å². The highest BCUT2D eigenvalue weighted by Gasteiger charge is 2.16. The molecule has 0 bridgehead atoms. The predicted octanol–water partition coefficient (Wildman–Crippen LogP) is 4.45. The molecule has 1 aromatic carbocycles. The molecule has 2 atom stereocenters. The predicted molar refractivity (Wildman–Crippen MR) is 87.0 cm³/mol. The summed E-state index contributed by atoms with van der Waals surface area (Å²) in [7, 11) is -2.90. The summed E-state index contributed by atoms with van der Waals surface area (Å²) in [6.07, 6.45) is 3.40. The Morgan fingerprint density at radius 2 is 1.85 bits per heavy atom. The van der Waals surface area contributed by atoms with E-state index in [1.165, 1.54) is 5.56 Å². The first-order valence-electron chi connectivity index (χ1n) is 7.24. The number of hydrogen-bond acceptors (Lipinski definition) is 2. The van der Waals surface area contributed by atoms with Crippen LogP contribution in [-0.4, -0.2) is 23.8 Å². The number of nitrogens with one attached hydrogen (secondary N) is 1. The molecule has 2 unspecified atom stereocenters. The number of unbranched alkanes of at least 4 members (excludes halogenated alkanes) is 1. The van der Waals surface area contributed by atoms with Crippen LogP contribution in [0.4, 0.5) is 0 Å². The summed E-state index contributed by atoms with van der Waals surface area (Å²) < 4.78 is 11.8. The minimum Gasteiger partial charge on any atom is -0.344 e. The van der Waals surface area contributed by atoms with Gasteiger partial charge in [-0.3, -0.25) is 4.57 Å². The molecule has 5 heteroatoms. The summed E-state index contributed by atoms with van der Waals surface area (Å²) >= 11 is 5.86. The molecule has 0 saturated heterocycles. The van der Waals surface area contributed by atoms with Crippen molar-refractivity contribution < 1.29 is 9.46 Å². The molecule has 0 amide bonds. The van der Waals surface area contributed by atoms with Crippen LogP contribution in [-0.2, 0) is 4.57 Å². The van der Waals surface area contributed by atoms with Crippen LogP contribution in [0.15, 0.2) is 24.3 Å². The van der Waals surface area contributed by atoms with E-state index in [1.807, 2.05) is 31.2 Å². The molecule has 0 radical (unpaired) electrons. The van der Waals surface area contributed by atoms with Gasteiger partial charge in [0.2, 0.25) is 7.37 Å². The lowest BCUT2D eigenvalue weighted by Gasteiger charge is -2.15. The smallest absolute Gasteiger partial charge is 0.200 e. The SMILES string of the molecule is CCCCP(=O)(O)CCCNC(C)c1ccc(Cl)cc1. The van der Waals surface area contributed by atoms with E-state index in [2.05, 4.69) is 12.2 Å². The van der Waals surface area contributed by atoms with Crippen molar-refractivity contribution in [1.29, 1.82) is 0 Å². The van der Waals surface area contributed by atoms with Crippen LogP contribution in [0, 0.1) is 0 Å². The molecule has 0 heterocycles. The maximum Gasteiger partial charge on any atom is 0.200 e. The van der Waals surface area contributed by atoms with Gasteiger partial charge in [0.25, 0.3) is 0 Å². The Balaban J connectivity index is 2.27. The van der Waals surface area contributed by atoms with Crippen LogP contribution >= 0.6 is 19.0 Å². The van der Waals surface area contributed by atoms with Gasteiger partial charge in [-0.15, -0.1) is 0 Å². The molecule has 0 aliphatic rings. The summed E-state index contributed by atoms with van der Waals surface area (Å²) in [5.41, 5.74) is 1.17.